The Labute approximate surface area is 119 Å². The fourth-order valence-electron chi connectivity index (χ4n) is 1.38. The van der Waals surface area contributed by atoms with Crippen LogP contribution >= 0.6 is 23.2 Å². The van der Waals surface area contributed by atoms with Crippen LogP contribution in [0.1, 0.15) is 6.92 Å². The highest BCUT2D eigenvalue weighted by Crippen LogP contribution is 2.30. The van der Waals surface area contributed by atoms with Gasteiger partial charge in [0.2, 0.25) is 5.28 Å². The van der Waals surface area contributed by atoms with Crippen LogP contribution in [0.4, 0.5) is 11.4 Å². The summed E-state index contributed by atoms with van der Waals surface area (Å²) in [4.78, 5) is 18.7. The second-order valence-corrected chi connectivity index (χ2v) is 4.37. The molecule has 0 saturated heterocycles. The van der Waals surface area contributed by atoms with Gasteiger partial charge in [0.25, 0.3) is 0 Å². The van der Waals surface area contributed by atoms with Gasteiger partial charge in [-0.3, -0.25) is 4.79 Å². The molecule has 0 aliphatic rings. The normalized spacial score (nSPS) is 10.1. The molecule has 0 amide bonds. The topological polar surface area (TPSA) is 64.1 Å². The van der Waals surface area contributed by atoms with Gasteiger partial charge in [0.15, 0.2) is 5.75 Å². The average Bonchev–Trinajstić information content (AvgIpc) is 2.35. The molecule has 2 aromatic rings. The van der Waals surface area contributed by atoms with E-state index in [-0.39, 0.29) is 5.28 Å². The maximum atomic E-state index is 11.0. The van der Waals surface area contributed by atoms with Crippen molar-refractivity contribution in [1.29, 1.82) is 0 Å². The fourth-order valence-corrected chi connectivity index (χ4v) is 1.65. The van der Waals surface area contributed by atoms with E-state index in [4.69, 9.17) is 27.9 Å². The maximum absolute atomic E-state index is 11.0. The molecular weight excluding hydrogens is 289 g/mol. The monoisotopic (exact) mass is 297 g/mol. The lowest BCUT2D eigenvalue weighted by Gasteiger charge is -2.11. The molecule has 0 saturated carbocycles. The summed E-state index contributed by atoms with van der Waals surface area (Å²) in [5, 5.41) is 3.66. The molecule has 0 radical (unpaired) electrons. The SMILES string of the molecule is CC(=O)Oc1ccc(Cl)cc1Nc1cnc(Cl)nc1. The lowest BCUT2D eigenvalue weighted by atomic mass is 10.3. The Balaban J connectivity index is 2.29. The van der Waals surface area contributed by atoms with Gasteiger partial charge >= 0.3 is 5.97 Å². The number of benzene rings is 1. The van der Waals surface area contributed by atoms with Crippen LogP contribution in [-0.2, 0) is 4.79 Å². The van der Waals surface area contributed by atoms with Gasteiger partial charge in [0.1, 0.15) is 0 Å². The van der Waals surface area contributed by atoms with Gasteiger partial charge in [-0.25, -0.2) is 9.97 Å². The summed E-state index contributed by atoms with van der Waals surface area (Å²) >= 11 is 11.5. The van der Waals surface area contributed by atoms with Crippen LogP contribution in [0.2, 0.25) is 10.3 Å². The molecule has 98 valence electrons. The molecule has 0 fully saturated rings. The molecule has 0 aliphatic carbocycles. The first-order valence-electron chi connectivity index (χ1n) is 5.27. The minimum Gasteiger partial charge on any atom is -0.424 e. The highest BCUT2D eigenvalue weighted by Gasteiger charge is 2.08. The fraction of sp³-hybridized carbons (Fsp3) is 0.0833. The number of hydrogen-bond donors (Lipinski definition) is 1. The van der Waals surface area contributed by atoms with Crippen molar-refractivity contribution in [2.45, 2.75) is 6.92 Å². The molecule has 1 heterocycles. The molecular formula is C12H9Cl2N3O2. The zero-order valence-corrected chi connectivity index (χ0v) is 11.4. The van der Waals surface area contributed by atoms with Crippen LogP contribution in [0.15, 0.2) is 30.6 Å². The van der Waals surface area contributed by atoms with Gasteiger partial charge in [-0.05, 0) is 29.8 Å². The molecule has 7 heteroatoms. The Morgan fingerprint density at radius 2 is 1.95 bits per heavy atom. The molecule has 2 rings (SSSR count). The number of carbonyl (C=O) groups is 1. The molecule has 1 N–H and O–H groups in total. The third-order valence-corrected chi connectivity index (χ3v) is 2.52. The summed E-state index contributed by atoms with van der Waals surface area (Å²) in [7, 11) is 0. The van der Waals surface area contributed by atoms with Crippen molar-refractivity contribution >= 4 is 40.5 Å². The van der Waals surface area contributed by atoms with Crippen molar-refractivity contribution in [3.8, 4) is 5.75 Å². The summed E-state index contributed by atoms with van der Waals surface area (Å²) < 4.78 is 5.07. The van der Waals surface area contributed by atoms with Gasteiger partial charge in [-0.1, -0.05) is 11.6 Å². The number of nitrogens with one attached hydrogen (secondary N) is 1. The van der Waals surface area contributed by atoms with E-state index < -0.39 is 5.97 Å². The average molecular weight is 298 g/mol. The van der Waals surface area contributed by atoms with E-state index >= 15 is 0 Å². The Morgan fingerprint density at radius 3 is 2.58 bits per heavy atom. The number of ether oxygens (including phenoxy) is 1. The summed E-state index contributed by atoms with van der Waals surface area (Å²) in [6, 6.07) is 4.86. The second kappa shape index (κ2) is 5.86. The third kappa shape index (κ3) is 3.81. The van der Waals surface area contributed by atoms with Gasteiger partial charge in [-0.2, -0.15) is 0 Å². The van der Waals surface area contributed by atoms with Gasteiger partial charge in [0, 0.05) is 11.9 Å². The zero-order valence-electron chi connectivity index (χ0n) is 9.85. The van der Waals surface area contributed by atoms with Crippen LogP contribution in [0.5, 0.6) is 5.75 Å². The molecule has 0 unspecified atom stereocenters. The highest BCUT2D eigenvalue weighted by molar-refractivity contribution is 6.31. The first-order valence-corrected chi connectivity index (χ1v) is 6.03. The number of aromatic nitrogens is 2. The smallest absolute Gasteiger partial charge is 0.308 e. The summed E-state index contributed by atoms with van der Waals surface area (Å²) in [6.07, 6.45) is 3.02. The largest absolute Gasteiger partial charge is 0.424 e. The minimum absolute atomic E-state index is 0.150. The first kappa shape index (κ1) is 13.6. The quantitative estimate of drug-likeness (QED) is 0.534. The Hall–Kier alpha value is -1.85. The third-order valence-electron chi connectivity index (χ3n) is 2.09. The predicted molar refractivity (Wildman–Crippen MR) is 73.1 cm³/mol. The Morgan fingerprint density at radius 1 is 1.26 bits per heavy atom. The number of anilines is 2. The summed E-state index contributed by atoms with van der Waals surface area (Å²) in [5.41, 5.74) is 1.13. The molecule has 0 spiro atoms. The van der Waals surface area contributed by atoms with Crippen LogP contribution in [0.25, 0.3) is 0 Å². The Kier molecular flexibility index (Phi) is 4.19. The van der Waals surface area contributed by atoms with Crippen molar-refractivity contribution in [3.05, 3.63) is 40.9 Å². The van der Waals surface area contributed by atoms with E-state index in [9.17, 15) is 4.79 Å². The molecule has 1 aromatic carbocycles. The number of nitrogens with zero attached hydrogens (tertiary/aromatic N) is 2. The van der Waals surface area contributed by atoms with Crippen molar-refractivity contribution in [2.75, 3.05) is 5.32 Å². The van der Waals surface area contributed by atoms with Gasteiger partial charge in [0.05, 0.1) is 23.8 Å². The van der Waals surface area contributed by atoms with E-state index in [1.54, 1.807) is 18.2 Å². The number of hydrogen-bond acceptors (Lipinski definition) is 5. The molecule has 0 bridgehead atoms. The van der Waals surface area contributed by atoms with Crippen molar-refractivity contribution in [3.63, 3.8) is 0 Å². The standard InChI is InChI=1S/C12H9Cl2N3O2/c1-7(18)19-11-3-2-8(13)4-10(11)17-9-5-15-12(14)16-6-9/h2-6,17H,1H3. The van der Waals surface area contributed by atoms with E-state index in [0.29, 0.717) is 22.1 Å². The van der Waals surface area contributed by atoms with Crippen molar-refractivity contribution < 1.29 is 9.53 Å². The van der Waals surface area contributed by atoms with Crippen molar-refractivity contribution in [1.82, 2.24) is 9.97 Å². The summed E-state index contributed by atoms with van der Waals surface area (Å²) in [6.45, 7) is 1.32. The van der Waals surface area contributed by atoms with Crippen LogP contribution in [0.3, 0.4) is 0 Å². The second-order valence-electron chi connectivity index (χ2n) is 3.60. The molecule has 19 heavy (non-hydrogen) atoms. The lowest BCUT2D eigenvalue weighted by molar-refractivity contribution is -0.131. The van der Waals surface area contributed by atoms with Crippen molar-refractivity contribution in [2.24, 2.45) is 0 Å². The minimum atomic E-state index is -0.419. The van der Waals surface area contributed by atoms with E-state index in [1.807, 2.05) is 0 Å². The molecule has 5 nitrogen and oxygen atoms in total. The number of halogens is 2. The summed E-state index contributed by atoms with van der Waals surface area (Å²) in [5.74, 6) is -0.0513. The van der Waals surface area contributed by atoms with Crippen LogP contribution in [-0.4, -0.2) is 15.9 Å². The zero-order chi connectivity index (χ0) is 13.8. The van der Waals surface area contributed by atoms with Gasteiger partial charge in [-0.15, -0.1) is 0 Å². The number of rotatable bonds is 3. The highest BCUT2D eigenvalue weighted by atomic mass is 35.5. The van der Waals surface area contributed by atoms with Crippen LogP contribution < -0.4 is 10.1 Å². The predicted octanol–water partition coefficient (Wildman–Crippen LogP) is 3.45. The number of esters is 1. The number of carbonyl (C=O) groups excluding carboxylic acids is 1. The molecule has 1 aromatic heterocycles. The van der Waals surface area contributed by atoms with Crippen LogP contribution in [0, 0.1) is 0 Å². The van der Waals surface area contributed by atoms with Gasteiger partial charge < -0.3 is 10.1 Å². The van der Waals surface area contributed by atoms with E-state index in [0.717, 1.165) is 0 Å². The van der Waals surface area contributed by atoms with E-state index in [2.05, 4.69) is 15.3 Å². The molecule has 0 aliphatic heterocycles. The lowest BCUT2D eigenvalue weighted by Crippen LogP contribution is -2.04. The van der Waals surface area contributed by atoms with E-state index in [1.165, 1.54) is 19.3 Å². The first-order chi connectivity index (χ1) is 9.04. The molecule has 0 atom stereocenters. The Bertz CT molecular complexity index is 602. The maximum Gasteiger partial charge on any atom is 0.308 e.